The van der Waals surface area contributed by atoms with Gasteiger partial charge in [0.05, 0.1) is 5.56 Å². The Morgan fingerprint density at radius 2 is 2.08 bits per heavy atom. The molecule has 1 aromatic rings. The summed E-state index contributed by atoms with van der Waals surface area (Å²) in [4.78, 5) is 11.1. The van der Waals surface area contributed by atoms with Crippen LogP contribution in [0.5, 0.6) is 0 Å². The van der Waals surface area contributed by atoms with Crippen LogP contribution < -0.4 is 0 Å². The highest BCUT2D eigenvalue weighted by atomic mass is 19.1. The van der Waals surface area contributed by atoms with Gasteiger partial charge in [-0.25, -0.2) is 4.39 Å². The Morgan fingerprint density at radius 3 is 2.67 bits per heavy atom. The number of carbonyl (C=O) groups is 1. The van der Waals surface area contributed by atoms with Gasteiger partial charge in [0.2, 0.25) is 0 Å². The molecule has 0 heterocycles. The normalized spacial score (nSPS) is 10.5. The summed E-state index contributed by atoms with van der Waals surface area (Å²) in [6.45, 7) is 1.72. The molecular formula is C10H9FO. The monoisotopic (exact) mass is 164 g/mol. The Bertz CT molecular complexity index is 315. The Morgan fingerprint density at radius 1 is 1.42 bits per heavy atom. The molecule has 0 spiro atoms. The lowest BCUT2D eigenvalue weighted by molar-refractivity contribution is 0.104. The molecule has 0 radical (unpaired) electrons. The van der Waals surface area contributed by atoms with E-state index in [1.54, 1.807) is 25.1 Å². The summed E-state index contributed by atoms with van der Waals surface area (Å²) in [6.07, 6.45) is 2.94. The number of rotatable bonds is 2. The Kier molecular flexibility index (Phi) is 2.75. The van der Waals surface area contributed by atoms with Crippen molar-refractivity contribution in [2.45, 2.75) is 6.92 Å². The predicted molar refractivity (Wildman–Crippen MR) is 45.5 cm³/mol. The number of allylic oxidation sites excluding steroid dienone is 2. The van der Waals surface area contributed by atoms with Crippen molar-refractivity contribution in [3.05, 3.63) is 47.8 Å². The molecule has 0 atom stereocenters. The minimum absolute atomic E-state index is 0.121. The molecular weight excluding hydrogens is 155 g/mol. The van der Waals surface area contributed by atoms with Crippen LogP contribution in [-0.4, -0.2) is 5.78 Å². The van der Waals surface area contributed by atoms with Gasteiger partial charge in [0.1, 0.15) is 5.82 Å². The number of benzene rings is 1. The smallest absolute Gasteiger partial charge is 0.188 e. The van der Waals surface area contributed by atoms with E-state index in [1.165, 1.54) is 18.2 Å². The molecule has 0 amide bonds. The van der Waals surface area contributed by atoms with Crippen LogP contribution in [-0.2, 0) is 0 Å². The number of carbonyl (C=O) groups excluding carboxylic acids is 1. The molecule has 0 aromatic heterocycles. The molecule has 1 rings (SSSR count). The second-order valence-corrected chi connectivity index (χ2v) is 2.34. The van der Waals surface area contributed by atoms with Gasteiger partial charge in [-0.3, -0.25) is 4.79 Å². The Labute approximate surface area is 70.5 Å². The lowest BCUT2D eigenvalue weighted by Gasteiger charge is -1.95. The number of hydrogen-bond donors (Lipinski definition) is 0. The molecule has 0 unspecified atom stereocenters. The maximum atomic E-state index is 12.9. The van der Waals surface area contributed by atoms with E-state index in [9.17, 15) is 9.18 Å². The quantitative estimate of drug-likeness (QED) is 0.485. The molecule has 1 nitrogen and oxygen atoms in total. The standard InChI is InChI=1S/C10H9FO/c1-2-5-10(12)8-6-3-4-7-9(8)11/h2-7H,1H3. The van der Waals surface area contributed by atoms with Crippen molar-refractivity contribution in [2.75, 3.05) is 0 Å². The van der Waals surface area contributed by atoms with Gasteiger partial charge in [0, 0.05) is 0 Å². The fourth-order valence-electron chi connectivity index (χ4n) is 0.902. The molecule has 0 fully saturated rings. The first kappa shape index (κ1) is 8.65. The molecule has 0 saturated carbocycles. The van der Waals surface area contributed by atoms with Crippen molar-refractivity contribution in [3.63, 3.8) is 0 Å². The van der Waals surface area contributed by atoms with Crippen molar-refractivity contribution in [3.8, 4) is 0 Å². The van der Waals surface area contributed by atoms with E-state index in [0.717, 1.165) is 0 Å². The van der Waals surface area contributed by atoms with Crippen molar-refractivity contribution < 1.29 is 9.18 Å². The summed E-state index contributed by atoms with van der Waals surface area (Å²) in [6, 6.07) is 5.94. The summed E-state index contributed by atoms with van der Waals surface area (Å²) in [5.41, 5.74) is 0.121. The second kappa shape index (κ2) is 3.81. The minimum Gasteiger partial charge on any atom is -0.289 e. The molecule has 0 saturated heterocycles. The number of halogens is 1. The van der Waals surface area contributed by atoms with Crippen LogP contribution in [0.25, 0.3) is 0 Å². The van der Waals surface area contributed by atoms with Crippen molar-refractivity contribution in [1.29, 1.82) is 0 Å². The zero-order chi connectivity index (χ0) is 8.97. The van der Waals surface area contributed by atoms with Crippen LogP contribution in [0.4, 0.5) is 4.39 Å². The fourth-order valence-corrected chi connectivity index (χ4v) is 0.902. The third-order valence-corrected chi connectivity index (χ3v) is 1.46. The van der Waals surface area contributed by atoms with Gasteiger partial charge < -0.3 is 0 Å². The van der Waals surface area contributed by atoms with Gasteiger partial charge in [-0.05, 0) is 25.1 Å². The van der Waals surface area contributed by atoms with Crippen molar-refractivity contribution in [2.24, 2.45) is 0 Å². The van der Waals surface area contributed by atoms with Gasteiger partial charge in [0.15, 0.2) is 5.78 Å². The molecule has 12 heavy (non-hydrogen) atoms. The van der Waals surface area contributed by atoms with Gasteiger partial charge >= 0.3 is 0 Å². The lowest BCUT2D eigenvalue weighted by Crippen LogP contribution is -1.97. The first-order chi connectivity index (χ1) is 5.75. The maximum Gasteiger partial charge on any atom is 0.188 e. The van der Waals surface area contributed by atoms with Gasteiger partial charge in [-0.1, -0.05) is 18.2 Å². The topological polar surface area (TPSA) is 17.1 Å². The van der Waals surface area contributed by atoms with E-state index in [0.29, 0.717) is 0 Å². The third-order valence-electron chi connectivity index (χ3n) is 1.46. The lowest BCUT2D eigenvalue weighted by atomic mass is 10.1. The van der Waals surface area contributed by atoms with Crippen molar-refractivity contribution >= 4 is 5.78 Å². The zero-order valence-electron chi connectivity index (χ0n) is 6.75. The van der Waals surface area contributed by atoms with Crippen LogP contribution in [0, 0.1) is 5.82 Å². The van der Waals surface area contributed by atoms with Crippen LogP contribution in [0.2, 0.25) is 0 Å². The average molecular weight is 164 g/mol. The highest BCUT2D eigenvalue weighted by Crippen LogP contribution is 2.07. The molecule has 62 valence electrons. The van der Waals surface area contributed by atoms with E-state index in [4.69, 9.17) is 0 Å². The van der Waals surface area contributed by atoms with Gasteiger partial charge in [0.25, 0.3) is 0 Å². The average Bonchev–Trinajstić information content (AvgIpc) is 2.05. The predicted octanol–water partition coefficient (Wildman–Crippen LogP) is 2.58. The molecule has 1 aromatic carbocycles. The summed E-state index contributed by atoms with van der Waals surface area (Å²) in [7, 11) is 0. The summed E-state index contributed by atoms with van der Waals surface area (Å²) < 4.78 is 12.9. The van der Waals surface area contributed by atoms with Gasteiger partial charge in [-0.2, -0.15) is 0 Å². The van der Waals surface area contributed by atoms with Crippen molar-refractivity contribution in [1.82, 2.24) is 0 Å². The summed E-state index contributed by atoms with van der Waals surface area (Å²) >= 11 is 0. The minimum atomic E-state index is -0.472. The van der Waals surface area contributed by atoms with E-state index < -0.39 is 5.82 Å². The third kappa shape index (κ3) is 1.78. The van der Waals surface area contributed by atoms with E-state index in [-0.39, 0.29) is 11.3 Å². The SMILES string of the molecule is CC=CC(=O)c1ccccc1F. The molecule has 0 aliphatic heterocycles. The van der Waals surface area contributed by atoms with E-state index in [2.05, 4.69) is 0 Å². The molecule has 0 aliphatic carbocycles. The maximum absolute atomic E-state index is 12.9. The zero-order valence-corrected chi connectivity index (χ0v) is 6.75. The van der Waals surface area contributed by atoms with Crippen LogP contribution in [0.3, 0.4) is 0 Å². The fraction of sp³-hybridized carbons (Fsp3) is 0.100. The highest BCUT2D eigenvalue weighted by molar-refractivity contribution is 6.04. The van der Waals surface area contributed by atoms with Gasteiger partial charge in [-0.15, -0.1) is 0 Å². The number of ketones is 1. The molecule has 0 N–H and O–H groups in total. The van der Waals surface area contributed by atoms with Crippen LogP contribution >= 0.6 is 0 Å². The van der Waals surface area contributed by atoms with E-state index >= 15 is 0 Å². The first-order valence-corrected chi connectivity index (χ1v) is 3.67. The Hall–Kier alpha value is -1.44. The van der Waals surface area contributed by atoms with Crippen LogP contribution in [0.1, 0.15) is 17.3 Å². The van der Waals surface area contributed by atoms with Crippen LogP contribution in [0.15, 0.2) is 36.4 Å². The largest absolute Gasteiger partial charge is 0.289 e. The molecule has 0 aliphatic rings. The molecule has 0 bridgehead atoms. The first-order valence-electron chi connectivity index (χ1n) is 3.67. The number of hydrogen-bond acceptors (Lipinski definition) is 1. The highest BCUT2D eigenvalue weighted by Gasteiger charge is 2.05. The second-order valence-electron chi connectivity index (χ2n) is 2.34. The summed E-state index contributed by atoms with van der Waals surface area (Å²) in [5.74, 6) is -0.767. The van der Waals surface area contributed by atoms with E-state index in [1.807, 2.05) is 0 Å². The molecule has 2 heteroatoms. The summed E-state index contributed by atoms with van der Waals surface area (Å²) in [5, 5.41) is 0. The Balaban J connectivity index is 3.03.